The Bertz CT molecular complexity index is 1200. The molecule has 0 aliphatic carbocycles. The third-order valence-corrected chi connectivity index (χ3v) is 4.92. The van der Waals surface area contributed by atoms with Gasteiger partial charge >= 0.3 is 0 Å². The van der Waals surface area contributed by atoms with Crippen LogP contribution in [0.3, 0.4) is 0 Å². The van der Waals surface area contributed by atoms with Crippen molar-refractivity contribution in [1.82, 2.24) is 19.8 Å². The first-order chi connectivity index (χ1) is 13.5. The molecule has 0 bridgehead atoms. The molecule has 2 aromatic carbocycles. The highest BCUT2D eigenvalue weighted by molar-refractivity contribution is 7.98. The smallest absolute Gasteiger partial charge is 0.258 e. The molecule has 0 fully saturated rings. The Morgan fingerprint density at radius 1 is 1.07 bits per heavy atom. The molecule has 140 valence electrons. The highest BCUT2D eigenvalue weighted by atomic mass is 32.2. The lowest BCUT2D eigenvalue weighted by Crippen LogP contribution is -1.98. The van der Waals surface area contributed by atoms with Crippen molar-refractivity contribution < 1.29 is 13.7 Å². The average molecular weight is 399 g/mol. The third-order valence-electron chi connectivity index (χ3n) is 3.95. The summed E-state index contributed by atoms with van der Waals surface area (Å²) in [4.78, 5) is 10.5. The summed E-state index contributed by atoms with van der Waals surface area (Å²) in [7, 11) is 0. The molecule has 28 heavy (non-hydrogen) atoms. The SMILES string of the molecule is O=[N+]([O-])c1cccc(-c2ccc3nnc(SCc4cc(F)ccc4F)n3n2)c1. The molecule has 2 aromatic heterocycles. The predicted octanol–water partition coefficient (Wildman–Crippen LogP) is 4.27. The molecule has 0 atom stereocenters. The fourth-order valence-electron chi connectivity index (χ4n) is 2.59. The summed E-state index contributed by atoms with van der Waals surface area (Å²) >= 11 is 1.16. The lowest BCUT2D eigenvalue weighted by Gasteiger charge is -2.04. The number of hydrogen-bond donors (Lipinski definition) is 0. The van der Waals surface area contributed by atoms with Gasteiger partial charge in [0.05, 0.1) is 10.6 Å². The monoisotopic (exact) mass is 399 g/mol. The zero-order valence-corrected chi connectivity index (χ0v) is 14.9. The van der Waals surface area contributed by atoms with E-state index >= 15 is 0 Å². The summed E-state index contributed by atoms with van der Waals surface area (Å²) in [6.07, 6.45) is 0. The highest BCUT2D eigenvalue weighted by Crippen LogP contribution is 2.26. The van der Waals surface area contributed by atoms with Crippen LogP contribution in [0.1, 0.15) is 5.56 Å². The van der Waals surface area contributed by atoms with E-state index in [9.17, 15) is 18.9 Å². The van der Waals surface area contributed by atoms with Crippen LogP contribution in [0.4, 0.5) is 14.5 Å². The van der Waals surface area contributed by atoms with Crippen LogP contribution >= 0.6 is 11.8 Å². The molecule has 10 heteroatoms. The maximum atomic E-state index is 13.8. The van der Waals surface area contributed by atoms with E-state index in [4.69, 9.17) is 0 Å². The van der Waals surface area contributed by atoms with Gasteiger partial charge in [0, 0.05) is 29.0 Å². The Morgan fingerprint density at radius 2 is 1.93 bits per heavy atom. The van der Waals surface area contributed by atoms with Gasteiger partial charge in [-0.15, -0.1) is 10.2 Å². The predicted molar refractivity (Wildman–Crippen MR) is 98.8 cm³/mol. The Balaban J connectivity index is 1.66. The number of thioether (sulfide) groups is 1. The zero-order chi connectivity index (χ0) is 19.7. The Kier molecular flexibility index (Phi) is 4.70. The van der Waals surface area contributed by atoms with E-state index in [1.165, 1.54) is 16.6 Å². The summed E-state index contributed by atoms with van der Waals surface area (Å²) in [5.74, 6) is -0.880. The van der Waals surface area contributed by atoms with Crippen molar-refractivity contribution in [2.75, 3.05) is 0 Å². The van der Waals surface area contributed by atoms with E-state index in [1.54, 1.807) is 24.3 Å². The molecule has 0 aliphatic heterocycles. The van der Waals surface area contributed by atoms with Crippen molar-refractivity contribution in [3.8, 4) is 11.3 Å². The largest absolute Gasteiger partial charge is 0.270 e. The van der Waals surface area contributed by atoms with Crippen LogP contribution in [0.2, 0.25) is 0 Å². The standard InChI is InChI=1S/C18H11F2N5O2S/c19-13-4-5-15(20)12(8-13)10-28-18-22-21-17-7-6-16(23-24(17)18)11-2-1-3-14(9-11)25(26)27/h1-9H,10H2. The van der Waals surface area contributed by atoms with E-state index in [2.05, 4.69) is 15.3 Å². The Labute approximate surface area is 161 Å². The molecular weight excluding hydrogens is 388 g/mol. The lowest BCUT2D eigenvalue weighted by molar-refractivity contribution is -0.384. The van der Waals surface area contributed by atoms with Gasteiger partial charge in [0.15, 0.2) is 5.65 Å². The van der Waals surface area contributed by atoms with Crippen LogP contribution in [0.15, 0.2) is 59.8 Å². The van der Waals surface area contributed by atoms with Gasteiger partial charge in [0.25, 0.3) is 5.69 Å². The second kappa shape index (κ2) is 7.31. The zero-order valence-electron chi connectivity index (χ0n) is 14.1. The maximum absolute atomic E-state index is 13.8. The van der Waals surface area contributed by atoms with E-state index in [1.807, 2.05) is 0 Å². The number of aromatic nitrogens is 4. The molecule has 2 heterocycles. The van der Waals surface area contributed by atoms with Crippen LogP contribution in [0.5, 0.6) is 0 Å². The summed E-state index contributed by atoms with van der Waals surface area (Å²) in [6, 6.07) is 12.7. The number of fused-ring (bicyclic) bond motifs is 1. The summed E-state index contributed by atoms with van der Waals surface area (Å²) in [5, 5.41) is 23.9. The number of rotatable bonds is 5. The lowest BCUT2D eigenvalue weighted by atomic mass is 10.1. The molecule has 0 saturated carbocycles. The van der Waals surface area contributed by atoms with E-state index in [0.717, 1.165) is 30.0 Å². The van der Waals surface area contributed by atoms with E-state index in [-0.39, 0.29) is 17.0 Å². The number of non-ortho nitro benzene ring substituents is 1. The first-order valence-corrected chi connectivity index (χ1v) is 9.04. The van der Waals surface area contributed by atoms with Crippen LogP contribution in [0.25, 0.3) is 16.9 Å². The quantitative estimate of drug-likeness (QED) is 0.283. The van der Waals surface area contributed by atoms with E-state index in [0.29, 0.717) is 22.1 Å². The van der Waals surface area contributed by atoms with Crippen LogP contribution < -0.4 is 0 Å². The van der Waals surface area contributed by atoms with Crippen molar-refractivity contribution in [3.63, 3.8) is 0 Å². The number of nitrogens with zero attached hydrogens (tertiary/aromatic N) is 5. The highest BCUT2D eigenvalue weighted by Gasteiger charge is 2.13. The van der Waals surface area contributed by atoms with Gasteiger partial charge in [-0.05, 0) is 30.3 Å². The van der Waals surface area contributed by atoms with Gasteiger partial charge < -0.3 is 0 Å². The van der Waals surface area contributed by atoms with E-state index < -0.39 is 16.6 Å². The third kappa shape index (κ3) is 3.54. The summed E-state index contributed by atoms with van der Waals surface area (Å²) in [6.45, 7) is 0. The van der Waals surface area contributed by atoms with Gasteiger partial charge in [0.2, 0.25) is 5.16 Å². The van der Waals surface area contributed by atoms with Crippen LogP contribution in [-0.2, 0) is 5.75 Å². The summed E-state index contributed by atoms with van der Waals surface area (Å²) in [5.41, 5.74) is 1.69. The minimum Gasteiger partial charge on any atom is -0.258 e. The molecule has 0 amide bonds. The first kappa shape index (κ1) is 18.0. The van der Waals surface area contributed by atoms with Crippen LogP contribution in [-0.4, -0.2) is 24.7 Å². The molecule has 0 N–H and O–H groups in total. The van der Waals surface area contributed by atoms with Crippen molar-refractivity contribution >= 4 is 23.1 Å². The fraction of sp³-hybridized carbons (Fsp3) is 0.0556. The molecule has 0 saturated heterocycles. The normalized spacial score (nSPS) is 11.1. The fourth-order valence-corrected chi connectivity index (χ4v) is 3.45. The van der Waals surface area contributed by atoms with Gasteiger partial charge in [-0.25, -0.2) is 8.78 Å². The number of benzene rings is 2. The summed E-state index contributed by atoms with van der Waals surface area (Å²) < 4.78 is 28.6. The number of hydrogen-bond acceptors (Lipinski definition) is 6. The molecule has 7 nitrogen and oxygen atoms in total. The molecule has 4 rings (SSSR count). The molecule has 0 spiro atoms. The van der Waals surface area contributed by atoms with Crippen molar-refractivity contribution in [2.24, 2.45) is 0 Å². The molecule has 4 aromatic rings. The van der Waals surface area contributed by atoms with Gasteiger partial charge in [-0.2, -0.15) is 9.61 Å². The van der Waals surface area contributed by atoms with Crippen molar-refractivity contribution in [3.05, 3.63) is 81.9 Å². The molecule has 0 aliphatic rings. The van der Waals surface area contributed by atoms with Crippen molar-refractivity contribution in [2.45, 2.75) is 10.9 Å². The molecule has 0 radical (unpaired) electrons. The minimum absolute atomic E-state index is 0.0423. The van der Waals surface area contributed by atoms with Gasteiger partial charge in [-0.3, -0.25) is 10.1 Å². The Hall–Kier alpha value is -3.40. The topological polar surface area (TPSA) is 86.2 Å². The first-order valence-electron chi connectivity index (χ1n) is 8.05. The van der Waals surface area contributed by atoms with Gasteiger partial charge in [0.1, 0.15) is 11.6 Å². The number of halogens is 2. The van der Waals surface area contributed by atoms with Crippen molar-refractivity contribution in [1.29, 1.82) is 0 Å². The number of nitro benzene ring substituents is 1. The molecule has 0 unspecified atom stereocenters. The molecular formula is C18H11F2N5O2S. The van der Waals surface area contributed by atoms with Crippen LogP contribution in [0, 0.1) is 21.7 Å². The minimum atomic E-state index is -0.519. The number of nitro groups is 1. The maximum Gasteiger partial charge on any atom is 0.270 e. The Morgan fingerprint density at radius 3 is 2.75 bits per heavy atom. The van der Waals surface area contributed by atoms with Gasteiger partial charge in [-0.1, -0.05) is 23.9 Å². The second-order valence-corrected chi connectivity index (χ2v) is 6.75. The second-order valence-electron chi connectivity index (χ2n) is 5.80. The average Bonchev–Trinajstić information content (AvgIpc) is 3.11.